The average molecular weight is 307 g/mol. The molecular weight excluding hydrogens is 290 g/mol. The van der Waals surface area contributed by atoms with E-state index in [4.69, 9.17) is 0 Å². The van der Waals surface area contributed by atoms with Gasteiger partial charge in [-0.05, 0) is 12.0 Å². The summed E-state index contributed by atoms with van der Waals surface area (Å²) in [7, 11) is 0. The monoisotopic (exact) mass is 307 g/mol. The number of aromatic nitrogens is 1. The van der Waals surface area contributed by atoms with Crippen LogP contribution in [-0.2, 0) is 0 Å². The van der Waals surface area contributed by atoms with Crippen molar-refractivity contribution in [3.8, 4) is 11.3 Å². The van der Waals surface area contributed by atoms with Gasteiger partial charge in [-0.25, -0.2) is 4.98 Å². The molecule has 110 valence electrons. The number of nitrogens with zero attached hydrogens (tertiary/aromatic N) is 2. The van der Waals surface area contributed by atoms with Crippen LogP contribution in [0, 0.1) is 0 Å². The predicted molar refractivity (Wildman–Crippen MR) is 94.4 cm³/mol. The fraction of sp³-hybridized carbons (Fsp3) is 0.111. The molecule has 2 aromatic carbocycles. The van der Waals surface area contributed by atoms with Gasteiger partial charge in [-0.2, -0.15) is 5.10 Å². The third kappa shape index (κ3) is 3.40. The highest BCUT2D eigenvalue weighted by atomic mass is 32.1. The van der Waals surface area contributed by atoms with Crippen LogP contribution in [0.3, 0.4) is 0 Å². The molecule has 0 saturated heterocycles. The maximum Gasteiger partial charge on any atom is 0.203 e. The van der Waals surface area contributed by atoms with E-state index in [1.807, 2.05) is 41.8 Å². The molecule has 1 heterocycles. The Bertz CT molecular complexity index is 748. The second-order valence-electron chi connectivity index (χ2n) is 4.79. The van der Waals surface area contributed by atoms with Gasteiger partial charge in [0.05, 0.1) is 11.4 Å². The third-order valence-corrected chi connectivity index (χ3v) is 4.05. The first-order valence-corrected chi connectivity index (χ1v) is 8.13. The lowest BCUT2D eigenvalue weighted by Gasteiger charge is -2.03. The molecule has 4 heteroatoms. The van der Waals surface area contributed by atoms with Gasteiger partial charge in [0.25, 0.3) is 0 Å². The lowest BCUT2D eigenvalue weighted by Crippen LogP contribution is -2.02. The van der Waals surface area contributed by atoms with E-state index in [0.29, 0.717) is 0 Å². The molecule has 0 aliphatic carbocycles. The van der Waals surface area contributed by atoms with Gasteiger partial charge in [0, 0.05) is 10.9 Å². The van der Waals surface area contributed by atoms with Crippen molar-refractivity contribution in [1.29, 1.82) is 0 Å². The van der Waals surface area contributed by atoms with E-state index in [0.717, 1.165) is 34.1 Å². The van der Waals surface area contributed by atoms with Crippen molar-refractivity contribution < 1.29 is 0 Å². The molecule has 0 unspecified atom stereocenters. The zero-order valence-corrected chi connectivity index (χ0v) is 13.2. The molecule has 3 aromatic rings. The number of hydrogen-bond donors (Lipinski definition) is 1. The normalized spacial score (nSPS) is 11.4. The number of benzene rings is 2. The standard InChI is InChI=1S/C18H17N3S/c1-2-16(14-9-5-3-6-10-14)20-21-18-19-17(13-22-18)15-11-7-4-8-12-15/h3-13H,2H2,1H3,(H,19,21). The highest BCUT2D eigenvalue weighted by molar-refractivity contribution is 7.14. The molecule has 0 saturated carbocycles. The lowest BCUT2D eigenvalue weighted by molar-refractivity contribution is 1.21. The summed E-state index contributed by atoms with van der Waals surface area (Å²) in [6.07, 6.45) is 0.869. The number of hydrazone groups is 1. The summed E-state index contributed by atoms with van der Waals surface area (Å²) in [5.41, 5.74) is 7.33. The van der Waals surface area contributed by atoms with Crippen molar-refractivity contribution >= 4 is 22.2 Å². The van der Waals surface area contributed by atoms with E-state index in [1.165, 1.54) is 0 Å². The summed E-state index contributed by atoms with van der Waals surface area (Å²) >= 11 is 1.56. The topological polar surface area (TPSA) is 37.3 Å². The first kappa shape index (κ1) is 14.5. The van der Waals surface area contributed by atoms with Crippen LogP contribution in [0.15, 0.2) is 71.1 Å². The first-order valence-electron chi connectivity index (χ1n) is 7.25. The smallest absolute Gasteiger partial charge is 0.203 e. The second kappa shape index (κ2) is 7.00. The molecule has 3 nitrogen and oxygen atoms in total. The molecule has 1 N–H and O–H groups in total. The molecule has 0 bridgehead atoms. The Morgan fingerprint density at radius 3 is 2.41 bits per heavy atom. The Hall–Kier alpha value is -2.46. The van der Waals surface area contributed by atoms with Crippen molar-refractivity contribution in [2.75, 3.05) is 5.43 Å². The fourth-order valence-corrected chi connectivity index (χ4v) is 2.82. The maximum atomic E-state index is 4.58. The molecule has 0 spiro atoms. The molecule has 0 atom stereocenters. The Labute approximate surface area is 134 Å². The van der Waals surface area contributed by atoms with Crippen LogP contribution in [0.25, 0.3) is 11.3 Å². The van der Waals surface area contributed by atoms with E-state index in [2.05, 4.69) is 46.7 Å². The number of nitrogens with one attached hydrogen (secondary N) is 1. The lowest BCUT2D eigenvalue weighted by atomic mass is 10.1. The van der Waals surface area contributed by atoms with Gasteiger partial charge in [-0.3, -0.25) is 5.43 Å². The van der Waals surface area contributed by atoms with Crippen LogP contribution in [-0.4, -0.2) is 10.7 Å². The second-order valence-corrected chi connectivity index (χ2v) is 5.65. The number of hydrogen-bond acceptors (Lipinski definition) is 4. The van der Waals surface area contributed by atoms with Gasteiger partial charge in [0.2, 0.25) is 5.13 Å². The zero-order valence-electron chi connectivity index (χ0n) is 12.4. The van der Waals surface area contributed by atoms with Crippen molar-refractivity contribution in [1.82, 2.24) is 4.98 Å². The zero-order chi connectivity index (χ0) is 15.2. The summed E-state index contributed by atoms with van der Waals surface area (Å²) in [5, 5.41) is 7.35. The Morgan fingerprint density at radius 2 is 1.73 bits per heavy atom. The first-order chi connectivity index (χ1) is 10.9. The number of rotatable bonds is 5. The molecule has 1 aromatic heterocycles. The summed E-state index contributed by atoms with van der Waals surface area (Å²) in [6, 6.07) is 20.4. The van der Waals surface area contributed by atoms with Gasteiger partial charge in [0.15, 0.2) is 0 Å². The average Bonchev–Trinajstić information content (AvgIpc) is 3.06. The highest BCUT2D eigenvalue weighted by Crippen LogP contribution is 2.24. The minimum Gasteiger partial charge on any atom is -0.252 e. The summed E-state index contributed by atoms with van der Waals surface area (Å²) < 4.78 is 0. The summed E-state index contributed by atoms with van der Waals surface area (Å²) in [4.78, 5) is 4.58. The SMILES string of the molecule is CCC(=NNc1nc(-c2ccccc2)cs1)c1ccccc1. The van der Waals surface area contributed by atoms with Gasteiger partial charge < -0.3 is 0 Å². The van der Waals surface area contributed by atoms with E-state index < -0.39 is 0 Å². The van der Waals surface area contributed by atoms with Gasteiger partial charge in [0.1, 0.15) is 0 Å². The minimum atomic E-state index is 0.806. The van der Waals surface area contributed by atoms with Crippen LogP contribution in [0.4, 0.5) is 5.13 Å². The maximum absolute atomic E-state index is 4.58. The van der Waals surface area contributed by atoms with E-state index in [-0.39, 0.29) is 0 Å². The van der Waals surface area contributed by atoms with Gasteiger partial charge in [-0.1, -0.05) is 67.6 Å². The van der Waals surface area contributed by atoms with Crippen LogP contribution in [0.5, 0.6) is 0 Å². The van der Waals surface area contributed by atoms with Gasteiger partial charge >= 0.3 is 0 Å². The number of anilines is 1. The van der Waals surface area contributed by atoms with E-state index >= 15 is 0 Å². The predicted octanol–water partition coefficient (Wildman–Crippen LogP) is 5.04. The quantitative estimate of drug-likeness (QED) is 0.530. The largest absolute Gasteiger partial charge is 0.252 e. The van der Waals surface area contributed by atoms with Crippen molar-refractivity contribution in [2.45, 2.75) is 13.3 Å². The Balaban J connectivity index is 1.76. The van der Waals surface area contributed by atoms with E-state index in [9.17, 15) is 0 Å². The summed E-state index contributed by atoms with van der Waals surface area (Å²) in [6.45, 7) is 2.10. The van der Waals surface area contributed by atoms with Crippen LogP contribution < -0.4 is 5.43 Å². The van der Waals surface area contributed by atoms with Crippen molar-refractivity contribution in [3.05, 3.63) is 71.6 Å². The van der Waals surface area contributed by atoms with E-state index in [1.54, 1.807) is 11.3 Å². The molecule has 3 rings (SSSR count). The van der Waals surface area contributed by atoms with Crippen molar-refractivity contribution in [2.24, 2.45) is 5.10 Å². The molecule has 0 amide bonds. The third-order valence-electron chi connectivity index (χ3n) is 3.30. The molecule has 0 radical (unpaired) electrons. The number of thiazole rings is 1. The fourth-order valence-electron chi connectivity index (χ4n) is 2.16. The Morgan fingerprint density at radius 1 is 1.05 bits per heavy atom. The van der Waals surface area contributed by atoms with Crippen LogP contribution >= 0.6 is 11.3 Å². The Kier molecular flexibility index (Phi) is 4.61. The van der Waals surface area contributed by atoms with Gasteiger partial charge in [-0.15, -0.1) is 11.3 Å². The highest BCUT2D eigenvalue weighted by Gasteiger charge is 2.04. The molecule has 22 heavy (non-hydrogen) atoms. The summed E-state index contributed by atoms with van der Waals surface area (Å²) in [5.74, 6) is 0. The molecule has 0 aliphatic heterocycles. The molecule has 0 aliphatic rings. The molecular formula is C18H17N3S. The van der Waals surface area contributed by atoms with Crippen molar-refractivity contribution in [3.63, 3.8) is 0 Å². The van der Waals surface area contributed by atoms with Crippen LogP contribution in [0.1, 0.15) is 18.9 Å². The molecule has 0 fully saturated rings. The van der Waals surface area contributed by atoms with Crippen LogP contribution in [0.2, 0.25) is 0 Å². The minimum absolute atomic E-state index is 0.806.